The Balaban J connectivity index is 1.27. The van der Waals surface area contributed by atoms with Gasteiger partial charge in [-0.25, -0.2) is 4.79 Å². The van der Waals surface area contributed by atoms with Gasteiger partial charge in [0, 0.05) is 24.0 Å². The van der Waals surface area contributed by atoms with Gasteiger partial charge < -0.3 is 4.74 Å². The van der Waals surface area contributed by atoms with Gasteiger partial charge in [-0.1, -0.05) is 0 Å². The normalized spacial score (nSPS) is 49.5. The smallest absolute Gasteiger partial charge is 0.339 e. The maximum atomic E-state index is 13.1. The topological polar surface area (TPSA) is 113 Å². The van der Waals surface area contributed by atoms with Gasteiger partial charge in [-0.2, -0.15) is 0 Å². The van der Waals surface area contributed by atoms with Gasteiger partial charge in [-0.3, -0.25) is 20.2 Å². The van der Waals surface area contributed by atoms with E-state index in [1.165, 1.54) is 6.42 Å². The third-order valence-corrected chi connectivity index (χ3v) is 9.46. The lowest BCUT2D eigenvalue weighted by Gasteiger charge is -2.59. The monoisotopic (exact) mass is 382 g/mol. The van der Waals surface area contributed by atoms with Crippen molar-refractivity contribution in [2.45, 2.75) is 24.9 Å². The lowest BCUT2D eigenvalue weighted by atomic mass is 9.45. The largest absolute Gasteiger partial charge is 0.455 e. The van der Waals surface area contributed by atoms with E-state index in [-0.39, 0.29) is 5.56 Å². The molecule has 0 unspecified atom stereocenters. The highest BCUT2D eigenvalue weighted by atomic mass is 16.6. The maximum Gasteiger partial charge on any atom is 0.339 e. The molecule has 6 rings (SSSR count). The highest BCUT2D eigenvalue weighted by Gasteiger charge is 2.87. The van der Waals surface area contributed by atoms with Crippen LogP contribution in [-0.4, -0.2) is 21.4 Å². The number of hydrogen-bond donors (Lipinski definition) is 0. The molecular formula is C20H18N2O6. The van der Waals surface area contributed by atoms with Gasteiger partial charge >= 0.3 is 5.97 Å². The quantitative estimate of drug-likeness (QED) is 0.342. The third-order valence-electron chi connectivity index (χ3n) is 9.46. The third kappa shape index (κ3) is 1.42. The fraction of sp³-hybridized carbons (Fsp3) is 0.650. The second kappa shape index (κ2) is 4.39. The zero-order valence-electron chi connectivity index (χ0n) is 14.9. The first kappa shape index (κ1) is 15.4. The number of fused-ring (bicyclic) bond motifs is 14. The number of esters is 1. The first-order chi connectivity index (χ1) is 13.4. The van der Waals surface area contributed by atoms with Crippen molar-refractivity contribution in [3.05, 3.63) is 44.0 Å². The van der Waals surface area contributed by atoms with Crippen LogP contribution in [-0.2, 0) is 4.74 Å². The molecule has 10 atom stereocenters. The van der Waals surface area contributed by atoms with Crippen molar-refractivity contribution >= 4 is 17.3 Å². The average Bonchev–Trinajstić information content (AvgIpc) is 3.31. The minimum atomic E-state index is -0.712. The van der Waals surface area contributed by atoms with Crippen LogP contribution in [0.15, 0.2) is 18.2 Å². The van der Waals surface area contributed by atoms with Crippen molar-refractivity contribution in [2.24, 2.45) is 53.3 Å². The Kier molecular flexibility index (Phi) is 2.42. The average molecular weight is 382 g/mol. The van der Waals surface area contributed by atoms with Crippen molar-refractivity contribution in [1.29, 1.82) is 0 Å². The minimum absolute atomic E-state index is 0.0873. The Labute approximate surface area is 159 Å². The molecule has 8 heteroatoms. The number of hydrogen-bond acceptors (Lipinski definition) is 6. The number of nitro benzene ring substituents is 2. The SMILES string of the molecule is O=C(O[C@]12C[C@@H]3[C@@H]4[C@H]5C[C@@H]6[C@@H](C[C@@H]1[C@@H]3[C@H]64)[C@@H]52)c1cc([N+](=O)[O-])cc([N+](=O)[O-])c1. The van der Waals surface area contributed by atoms with E-state index < -0.39 is 32.8 Å². The molecule has 0 N–H and O–H groups in total. The summed E-state index contributed by atoms with van der Waals surface area (Å²) in [5.74, 6) is 5.43. The number of nitro groups is 2. The van der Waals surface area contributed by atoms with Gasteiger partial charge in [-0.15, -0.1) is 0 Å². The Morgan fingerprint density at radius 1 is 0.929 bits per heavy atom. The minimum Gasteiger partial charge on any atom is -0.455 e. The first-order valence-electron chi connectivity index (χ1n) is 10.1. The predicted octanol–water partition coefficient (Wildman–Crippen LogP) is 3.20. The lowest BCUT2D eigenvalue weighted by molar-refractivity contribution is -0.394. The van der Waals surface area contributed by atoms with Crippen LogP contribution in [0.3, 0.4) is 0 Å². The standard InChI is InChI=1S/C20H18N2O6/c23-19(7-1-8(21(24)25)3-9(2-7)22(26)27)28-20-6-13-15-12-4-10-11(18(12)20)5-14(20)16(13)17(10)15/h1-3,10-18H,4-6H2/t10-,11-,12-,13-,14-,15+,16-,17-,18+,20-/m1/s1. The lowest BCUT2D eigenvalue weighted by Crippen LogP contribution is -2.57. The number of benzene rings is 1. The number of rotatable bonds is 4. The highest BCUT2D eigenvalue weighted by Crippen LogP contribution is 2.88. The summed E-state index contributed by atoms with van der Waals surface area (Å²) in [6.07, 6.45) is 3.36. The maximum absolute atomic E-state index is 13.1. The van der Waals surface area contributed by atoms with E-state index in [1.807, 2.05) is 0 Å². The van der Waals surface area contributed by atoms with Crippen LogP contribution in [0.25, 0.3) is 0 Å². The summed E-state index contributed by atoms with van der Waals surface area (Å²) in [5, 5.41) is 22.3. The molecule has 0 radical (unpaired) electrons. The molecule has 0 aliphatic heterocycles. The summed E-state index contributed by atoms with van der Waals surface area (Å²) < 4.78 is 6.22. The summed E-state index contributed by atoms with van der Waals surface area (Å²) >= 11 is 0. The fourth-order valence-electron chi connectivity index (χ4n) is 9.28. The van der Waals surface area contributed by atoms with Crippen LogP contribution >= 0.6 is 0 Å². The van der Waals surface area contributed by atoms with Crippen molar-refractivity contribution in [3.63, 3.8) is 0 Å². The van der Waals surface area contributed by atoms with E-state index in [2.05, 4.69) is 0 Å². The molecule has 144 valence electrons. The van der Waals surface area contributed by atoms with E-state index in [9.17, 15) is 25.0 Å². The van der Waals surface area contributed by atoms with Crippen LogP contribution in [0.1, 0.15) is 29.6 Å². The molecule has 5 saturated carbocycles. The number of carbonyl (C=O) groups excluding carboxylic acids is 1. The molecule has 0 spiro atoms. The molecule has 5 fully saturated rings. The van der Waals surface area contributed by atoms with Crippen LogP contribution in [0.4, 0.5) is 11.4 Å². The molecule has 8 nitrogen and oxygen atoms in total. The summed E-state index contributed by atoms with van der Waals surface area (Å²) in [4.78, 5) is 33.9. The second-order valence-electron chi connectivity index (χ2n) is 9.79. The Morgan fingerprint density at radius 2 is 1.64 bits per heavy atom. The van der Waals surface area contributed by atoms with Gasteiger partial charge in [0.2, 0.25) is 0 Å². The molecule has 0 saturated heterocycles. The molecule has 1 aromatic rings. The summed E-state index contributed by atoms with van der Waals surface area (Å²) in [5.41, 5.74) is -1.43. The van der Waals surface area contributed by atoms with Crippen molar-refractivity contribution in [3.8, 4) is 0 Å². The fourth-order valence-corrected chi connectivity index (χ4v) is 9.28. The van der Waals surface area contributed by atoms with Gasteiger partial charge in [0.15, 0.2) is 0 Å². The number of non-ortho nitro benzene ring substituents is 2. The van der Waals surface area contributed by atoms with Gasteiger partial charge in [0.05, 0.1) is 21.5 Å². The second-order valence-corrected chi connectivity index (χ2v) is 9.79. The zero-order chi connectivity index (χ0) is 19.1. The first-order valence-corrected chi connectivity index (χ1v) is 10.1. The molecule has 0 amide bonds. The molecular weight excluding hydrogens is 364 g/mol. The number of nitrogens with zero attached hydrogens (tertiary/aromatic N) is 2. The number of carbonyl (C=O) groups is 1. The van der Waals surface area contributed by atoms with E-state index in [1.54, 1.807) is 0 Å². The Bertz CT molecular complexity index is 974. The van der Waals surface area contributed by atoms with Gasteiger partial charge in [-0.05, 0) is 60.7 Å². The molecule has 0 aromatic heterocycles. The molecule has 5 aliphatic carbocycles. The molecule has 0 heterocycles. The van der Waals surface area contributed by atoms with Crippen LogP contribution in [0.5, 0.6) is 0 Å². The van der Waals surface area contributed by atoms with E-state index in [0.717, 1.165) is 48.8 Å². The summed E-state index contributed by atoms with van der Waals surface area (Å²) in [7, 11) is 0. The van der Waals surface area contributed by atoms with Crippen molar-refractivity contribution in [1.82, 2.24) is 0 Å². The Morgan fingerprint density at radius 3 is 2.32 bits per heavy atom. The highest BCUT2D eigenvalue weighted by molar-refractivity contribution is 5.91. The van der Waals surface area contributed by atoms with Crippen LogP contribution in [0.2, 0.25) is 0 Å². The van der Waals surface area contributed by atoms with Gasteiger partial charge in [0.25, 0.3) is 11.4 Å². The van der Waals surface area contributed by atoms with E-state index >= 15 is 0 Å². The van der Waals surface area contributed by atoms with Crippen LogP contribution < -0.4 is 0 Å². The van der Waals surface area contributed by atoms with Crippen molar-refractivity contribution < 1.29 is 19.4 Å². The molecule has 5 aliphatic rings. The Hall–Kier alpha value is -2.51. The molecule has 2 bridgehead atoms. The summed E-state index contributed by atoms with van der Waals surface area (Å²) in [6.45, 7) is 0. The van der Waals surface area contributed by atoms with Crippen LogP contribution in [0, 0.1) is 73.5 Å². The van der Waals surface area contributed by atoms with Crippen molar-refractivity contribution in [2.75, 3.05) is 0 Å². The predicted molar refractivity (Wildman–Crippen MR) is 93.2 cm³/mol. The van der Waals surface area contributed by atoms with Gasteiger partial charge in [0.1, 0.15) is 5.60 Å². The molecule has 28 heavy (non-hydrogen) atoms. The molecule has 1 aromatic carbocycles. The zero-order valence-corrected chi connectivity index (χ0v) is 14.9. The van der Waals surface area contributed by atoms with E-state index in [4.69, 9.17) is 4.74 Å². The summed E-state index contributed by atoms with van der Waals surface area (Å²) in [6, 6.07) is 3.08. The van der Waals surface area contributed by atoms with E-state index in [0.29, 0.717) is 35.5 Å². The number of ether oxygens (including phenoxy) is 1.